The molecule has 1 aliphatic heterocycles. The van der Waals surface area contributed by atoms with Crippen LogP contribution in [0.5, 0.6) is 0 Å². The molecular weight excluding hydrogens is 273 g/mol. The highest BCUT2D eigenvalue weighted by molar-refractivity contribution is 5.95. The van der Waals surface area contributed by atoms with E-state index in [9.17, 15) is 26.7 Å². The summed E-state index contributed by atoms with van der Waals surface area (Å²) in [5.41, 5.74) is -1.43. The Labute approximate surface area is 104 Å². The summed E-state index contributed by atoms with van der Waals surface area (Å²) in [5.74, 6) is -12.0. The fraction of sp³-hybridized carbons (Fsp3) is 0.364. The van der Waals surface area contributed by atoms with E-state index in [-0.39, 0.29) is 26.3 Å². The molecule has 0 spiro atoms. The Morgan fingerprint density at radius 3 is 1.74 bits per heavy atom. The molecule has 0 radical (unpaired) electrons. The maximum Gasteiger partial charge on any atom is 0.260 e. The van der Waals surface area contributed by atoms with Crippen molar-refractivity contribution < 1.29 is 31.5 Å². The first kappa shape index (κ1) is 13.7. The average Bonchev–Trinajstić information content (AvgIpc) is 2.44. The molecule has 8 heteroatoms. The molecule has 1 heterocycles. The van der Waals surface area contributed by atoms with Crippen molar-refractivity contribution in [3.8, 4) is 0 Å². The quantitative estimate of drug-likeness (QED) is 0.447. The molecule has 104 valence electrons. The first-order valence-electron chi connectivity index (χ1n) is 5.33. The fourth-order valence-electron chi connectivity index (χ4n) is 1.72. The number of carbonyl (C=O) groups excluding carboxylic acids is 1. The number of carbonyl (C=O) groups is 1. The Morgan fingerprint density at radius 2 is 1.26 bits per heavy atom. The van der Waals surface area contributed by atoms with Crippen molar-refractivity contribution in [2.75, 3.05) is 26.3 Å². The van der Waals surface area contributed by atoms with E-state index in [2.05, 4.69) is 0 Å². The van der Waals surface area contributed by atoms with Crippen molar-refractivity contribution in [3.05, 3.63) is 34.6 Å². The number of rotatable bonds is 1. The molecule has 2 rings (SSSR count). The second kappa shape index (κ2) is 5.12. The molecule has 1 saturated heterocycles. The first-order valence-corrected chi connectivity index (χ1v) is 5.33. The molecule has 0 N–H and O–H groups in total. The zero-order valence-corrected chi connectivity index (χ0v) is 9.48. The highest BCUT2D eigenvalue weighted by Crippen LogP contribution is 2.24. The summed E-state index contributed by atoms with van der Waals surface area (Å²) in [7, 11) is 0. The smallest absolute Gasteiger partial charge is 0.260 e. The largest absolute Gasteiger partial charge is 0.378 e. The van der Waals surface area contributed by atoms with Crippen molar-refractivity contribution >= 4 is 5.91 Å². The van der Waals surface area contributed by atoms with Gasteiger partial charge in [0.05, 0.1) is 13.2 Å². The number of ether oxygens (including phenoxy) is 1. The van der Waals surface area contributed by atoms with Crippen LogP contribution in [-0.4, -0.2) is 37.1 Å². The lowest BCUT2D eigenvalue weighted by molar-refractivity contribution is 0.0294. The Kier molecular flexibility index (Phi) is 3.70. The summed E-state index contributed by atoms with van der Waals surface area (Å²) < 4.78 is 70.5. The molecule has 0 bridgehead atoms. The highest BCUT2D eigenvalue weighted by Gasteiger charge is 2.32. The first-order chi connectivity index (χ1) is 8.95. The number of benzene rings is 1. The summed E-state index contributed by atoms with van der Waals surface area (Å²) in [6.07, 6.45) is 0. The number of morpholine rings is 1. The fourth-order valence-corrected chi connectivity index (χ4v) is 1.72. The van der Waals surface area contributed by atoms with Gasteiger partial charge in [-0.25, -0.2) is 22.0 Å². The van der Waals surface area contributed by atoms with E-state index in [0.717, 1.165) is 4.90 Å². The van der Waals surface area contributed by atoms with Crippen LogP contribution in [0, 0.1) is 29.1 Å². The van der Waals surface area contributed by atoms with Crippen LogP contribution in [0.2, 0.25) is 0 Å². The van der Waals surface area contributed by atoms with E-state index in [0.29, 0.717) is 0 Å². The third-order valence-electron chi connectivity index (χ3n) is 2.72. The van der Waals surface area contributed by atoms with Gasteiger partial charge >= 0.3 is 0 Å². The van der Waals surface area contributed by atoms with Crippen LogP contribution in [-0.2, 0) is 4.74 Å². The molecule has 3 nitrogen and oxygen atoms in total. The van der Waals surface area contributed by atoms with Gasteiger partial charge in [0.25, 0.3) is 5.91 Å². The van der Waals surface area contributed by atoms with Crippen LogP contribution >= 0.6 is 0 Å². The molecule has 0 aromatic heterocycles. The minimum atomic E-state index is -2.28. The lowest BCUT2D eigenvalue weighted by atomic mass is 10.1. The van der Waals surface area contributed by atoms with E-state index >= 15 is 0 Å². The van der Waals surface area contributed by atoms with Crippen LogP contribution in [0.25, 0.3) is 0 Å². The molecule has 0 saturated carbocycles. The minimum absolute atomic E-state index is 0.0261. The van der Waals surface area contributed by atoms with Gasteiger partial charge in [-0.05, 0) is 0 Å². The Bertz CT molecular complexity index is 499. The van der Waals surface area contributed by atoms with Crippen molar-refractivity contribution in [1.82, 2.24) is 4.90 Å². The van der Waals surface area contributed by atoms with Crippen molar-refractivity contribution in [2.45, 2.75) is 0 Å². The number of amides is 1. The third-order valence-corrected chi connectivity index (χ3v) is 2.72. The molecular formula is C11H8F5NO2. The molecule has 1 aliphatic rings. The van der Waals surface area contributed by atoms with Crippen molar-refractivity contribution in [2.24, 2.45) is 0 Å². The van der Waals surface area contributed by atoms with Gasteiger partial charge in [-0.15, -0.1) is 0 Å². The predicted molar refractivity (Wildman–Crippen MR) is 53.0 cm³/mol. The molecule has 1 aromatic rings. The maximum atomic E-state index is 13.4. The van der Waals surface area contributed by atoms with Crippen LogP contribution < -0.4 is 0 Å². The molecule has 0 unspecified atom stereocenters. The molecule has 1 amide bonds. The zero-order chi connectivity index (χ0) is 14.2. The third kappa shape index (κ3) is 2.27. The van der Waals surface area contributed by atoms with Crippen LogP contribution in [0.1, 0.15) is 10.4 Å². The summed E-state index contributed by atoms with van der Waals surface area (Å²) in [6.45, 7) is 0.332. The van der Waals surface area contributed by atoms with E-state index in [1.54, 1.807) is 0 Å². The summed E-state index contributed by atoms with van der Waals surface area (Å²) in [5, 5.41) is 0. The molecule has 19 heavy (non-hydrogen) atoms. The predicted octanol–water partition coefficient (Wildman–Crippen LogP) is 1.85. The topological polar surface area (TPSA) is 29.5 Å². The average molecular weight is 281 g/mol. The molecule has 1 fully saturated rings. The summed E-state index contributed by atoms with van der Waals surface area (Å²) >= 11 is 0. The Hall–Kier alpha value is -1.70. The zero-order valence-electron chi connectivity index (χ0n) is 9.48. The normalized spacial score (nSPS) is 15.7. The van der Waals surface area contributed by atoms with Crippen molar-refractivity contribution in [1.29, 1.82) is 0 Å². The van der Waals surface area contributed by atoms with Crippen molar-refractivity contribution in [3.63, 3.8) is 0 Å². The van der Waals surface area contributed by atoms with E-state index in [1.165, 1.54) is 0 Å². The Balaban J connectivity index is 2.47. The highest BCUT2D eigenvalue weighted by atomic mass is 19.2. The summed E-state index contributed by atoms with van der Waals surface area (Å²) in [6, 6.07) is 0. The molecule has 0 atom stereocenters. The van der Waals surface area contributed by atoms with Crippen LogP contribution in [0.15, 0.2) is 0 Å². The van der Waals surface area contributed by atoms with E-state index in [1.807, 2.05) is 0 Å². The van der Waals surface area contributed by atoms with E-state index < -0.39 is 40.6 Å². The summed E-state index contributed by atoms with van der Waals surface area (Å²) in [4.78, 5) is 12.8. The number of hydrogen-bond donors (Lipinski definition) is 0. The molecule has 1 aromatic carbocycles. The van der Waals surface area contributed by atoms with Gasteiger partial charge in [0.1, 0.15) is 5.56 Å². The lowest BCUT2D eigenvalue weighted by Crippen LogP contribution is -2.41. The van der Waals surface area contributed by atoms with Gasteiger partial charge in [0, 0.05) is 13.1 Å². The van der Waals surface area contributed by atoms with Gasteiger partial charge in [0.2, 0.25) is 5.82 Å². The van der Waals surface area contributed by atoms with Gasteiger partial charge in [-0.1, -0.05) is 0 Å². The minimum Gasteiger partial charge on any atom is -0.378 e. The maximum absolute atomic E-state index is 13.4. The SMILES string of the molecule is O=C(c1c(F)c(F)c(F)c(F)c1F)N1CCOCC1. The lowest BCUT2D eigenvalue weighted by Gasteiger charge is -2.27. The van der Waals surface area contributed by atoms with Gasteiger partial charge in [-0.3, -0.25) is 4.79 Å². The molecule has 0 aliphatic carbocycles. The Morgan fingerprint density at radius 1 is 0.842 bits per heavy atom. The number of halogens is 5. The van der Waals surface area contributed by atoms with Gasteiger partial charge in [-0.2, -0.15) is 0 Å². The van der Waals surface area contributed by atoms with Gasteiger partial charge < -0.3 is 9.64 Å². The van der Waals surface area contributed by atoms with Gasteiger partial charge in [0.15, 0.2) is 23.3 Å². The number of nitrogens with zero attached hydrogens (tertiary/aromatic N) is 1. The monoisotopic (exact) mass is 281 g/mol. The van der Waals surface area contributed by atoms with E-state index in [4.69, 9.17) is 4.74 Å². The second-order valence-corrected chi connectivity index (χ2v) is 3.85. The van der Waals surface area contributed by atoms with Crippen LogP contribution in [0.3, 0.4) is 0 Å². The second-order valence-electron chi connectivity index (χ2n) is 3.85. The standard InChI is InChI=1S/C11H8F5NO2/c12-6-5(7(13)9(15)10(16)8(6)14)11(18)17-1-3-19-4-2-17/h1-4H2. The number of hydrogen-bond acceptors (Lipinski definition) is 2. The van der Waals surface area contributed by atoms with Crippen LogP contribution in [0.4, 0.5) is 22.0 Å².